The van der Waals surface area contributed by atoms with Crippen molar-refractivity contribution in [1.29, 1.82) is 0 Å². The molecule has 0 aliphatic heterocycles. The molecule has 290 valence electrons. The molecule has 0 radical (unpaired) electrons. The number of benzene rings is 9. The molecule has 0 fully saturated rings. The third-order valence-corrected chi connectivity index (χ3v) is 12.0. The van der Waals surface area contributed by atoms with E-state index in [9.17, 15) is 0 Å². The molecule has 0 spiro atoms. The molecule has 0 aliphatic carbocycles. The van der Waals surface area contributed by atoms with E-state index in [2.05, 4.69) is 197 Å². The second kappa shape index (κ2) is 14.7. The van der Waals surface area contributed by atoms with Crippen LogP contribution in [0, 0.1) is 0 Å². The van der Waals surface area contributed by atoms with Crippen LogP contribution in [-0.2, 0) is 0 Å². The summed E-state index contributed by atoms with van der Waals surface area (Å²) in [4.78, 5) is 15.3. The van der Waals surface area contributed by atoms with Gasteiger partial charge in [0, 0.05) is 49.6 Å². The molecular formula is C57H37N5. The van der Waals surface area contributed by atoms with E-state index in [1.807, 2.05) is 36.4 Å². The van der Waals surface area contributed by atoms with Crippen molar-refractivity contribution in [2.75, 3.05) is 0 Å². The third-order valence-electron chi connectivity index (χ3n) is 12.0. The maximum atomic E-state index is 5.16. The molecule has 0 saturated heterocycles. The minimum atomic E-state index is 0.617. The molecule has 0 unspecified atom stereocenters. The van der Waals surface area contributed by atoms with Crippen molar-refractivity contribution in [3.63, 3.8) is 0 Å². The zero-order chi connectivity index (χ0) is 41.0. The number of aromatic nitrogens is 5. The molecule has 0 bridgehead atoms. The van der Waals surface area contributed by atoms with Crippen LogP contribution in [0.3, 0.4) is 0 Å². The SMILES string of the molecule is c1ccc(-c2cccc(-c3nc(-c4ccccc4)nc(-c4cccc(-n5c6ccccc6c6cc(-c7cccc8c7c7ccccc7n8-c7ccccc7)ccc65)c4)n3)c2)cc1. The van der Waals surface area contributed by atoms with E-state index in [0.717, 1.165) is 50.2 Å². The average molecular weight is 792 g/mol. The highest BCUT2D eigenvalue weighted by Gasteiger charge is 2.19. The maximum Gasteiger partial charge on any atom is 0.164 e. The zero-order valence-electron chi connectivity index (χ0n) is 33.6. The fourth-order valence-electron chi connectivity index (χ4n) is 9.14. The molecule has 12 rings (SSSR count). The summed E-state index contributed by atoms with van der Waals surface area (Å²) in [5.41, 5.74) is 14.3. The summed E-state index contributed by atoms with van der Waals surface area (Å²) in [5.74, 6) is 1.88. The van der Waals surface area contributed by atoms with Crippen LogP contribution in [0.25, 0.3) is 111 Å². The minimum Gasteiger partial charge on any atom is -0.309 e. The van der Waals surface area contributed by atoms with Crippen molar-refractivity contribution in [3.05, 3.63) is 224 Å². The molecule has 5 heteroatoms. The molecule has 0 saturated carbocycles. The van der Waals surface area contributed by atoms with Crippen molar-refractivity contribution in [2.45, 2.75) is 0 Å². The van der Waals surface area contributed by atoms with Crippen LogP contribution >= 0.6 is 0 Å². The van der Waals surface area contributed by atoms with Gasteiger partial charge in [0.15, 0.2) is 17.5 Å². The Morgan fingerprint density at radius 3 is 1.48 bits per heavy atom. The van der Waals surface area contributed by atoms with Crippen LogP contribution in [0.2, 0.25) is 0 Å². The second-order valence-corrected chi connectivity index (χ2v) is 15.6. The lowest BCUT2D eigenvalue weighted by Gasteiger charge is -2.12. The topological polar surface area (TPSA) is 48.5 Å². The number of hydrogen-bond acceptors (Lipinski definition) is 3. The van der Waals surface area contributed by atoms with Gasteiger partial charge in [-0.05, 0) is 82.9 Å². The summed E-state index contributed by atoms with van der Waals surface area (Å²) in [5, 5.41) is 4.88. The highest BCUT2D eigenvalue weighted by atomic mass is 15.0. The molecule has 0 aliphatic rings. The van der Waals surface area contributed by atoms with Gasteiger partial charge in [-0.3, -0.25) is 0 Å². The molecule has 5 nitrogen and oxygen atoms in total. The van der Waals surface area contributed by atoms with Gasteiger partial charge >= 0.3 is 0 Å². The van der Waals surface area contributed by atoms with Gasteiger partial charge in [-0.15, -0.1) is 0 Å². The standard InChI is InChI=1S/C57H37N5/c1-4-17-38(18-5-1)40-21-14-22-42(35-40)56-58-55(39-19-6-2-7-20-39)59-57(60-56)43-23-15-26-45(36-43)62-50-30-12-10-27-47(50)49-37-41(33-34-52(49)62)46-29-16-32-53-54(46)48-28-11-13-31-51(48)61(53)44-24-8-3-9-25-44/h1-37H. The van der Waals surface area contributed by atoms with E-state index in [1.165, 1.54) is 43.7 Å². The van der Waals surface area contributed by atoms with Gasteiger partial charge < -0.3 is 9.13 Å². The van der Waals surface area contributed by atoms with Crippen molar-refractivity contribution in [2.24, 2.45) is 0 Å². The number of nitrogens with zero attached hydrogens (tertiary/aromatic N) is 5. The first kappa shape index (κ1) is 35.5. The molecule has 9 aromatic carbocycles. The van der Waals surface area contributed by atoms with Gasteiger partial charge in [-0.1, -0.05) is 164 Å². The van der Waals surface area contributed by atoms with Crippen LogP contribution in [-0.4, -0.2) is 24.1 Å². The summed E-state index contributed by atoms with van der Waals surface area (Å²) >= 11 is 0. The number of hydrogen-bond donors (Lipinski definition) is 0. The molecule has 12 aromatic rings. The molecule has 0 amide bonds. The second-order valence-electron chi connectivity index (χ2n) is 15.6. The quantitative estimate of drug-likeness (QED) is 0.162. The van der Waals surface area contributed by atoms with Gasteiger partial charge in [0.2, 0.25) is 0 Å². The van der Waals surface area contributed by atoms with Crippen molar-refractivity contribution in [1.82, 2.24) is 24.1 Å². The first-order valence-corrected chi connectivity index (χ1v) is 20.9. The van der Waals surface area contributed by atoms with Gasteiger partial charge in [0.25, 0.3) is 0 Å². The van der Waals surface area contributed by atoms with Crippen LogP contribution in [0.15, 0.2) is 224 Å². The molecule has 62 heavy (non-hydrogen) atoms. The Bertz CT molecular complexity index is 3620. The molecule has 0 atom stereocenters. The van der Waals surface area contributed by atoms with Crippen LogP contribution in [0.4, 0.5) is 0 Å². The van der Waals surface area contributed by atoms with Gasteiger partial charge in [-0.25, -0.2) is 15.0 Å². The Morgan fingerprint density at radius 2 is 0.742 bits per heavy atom. The summed E-state index contributed by atoms with van der Waals surface area (Å²) < 4.78 is 4.75. The highest BCUT2D eigenvalue weighted by molar-refractivity contribution is 6.17. The summed E-state index contributed by atoms with van der Waals surface area (Å²) in [7, 11) is 0. The monoisotopic (exact) mass is 791 g/mol. The van der Waals surface area contributed by atoms with E-state index >= 15 is 0 Å². The lowest BCUT2D eigenvalue weighted by Crippen LogP contribution is -2.01. The third kappa shape index (κ3) is 5.98. The van der Waals surface area contributed by atoms with E-state index in [1.54, 1.807) is 0 Å². The predicted octanol–water partition coefficient (Wildman–Crippen LogP) is 14.4. The van der Waals surface area contributed by atoms with E-state index in [4.69, 9.17) is 15.0 Å². The van der Waals surface area contributed by atoms with Crippen molar-refractivity contribution < 1.29 is 0 Å². The normalized spacial score (nSPS) is 11.5. The lowest BCUT2D eigenvalue weighted by atomic mass is 9.98. The number of rotatable bonds is 7. The zero-order valence-corrected chi connectivity index (χ0v) is 33.6. The first-order chi connectivity index (χ1) is 30.7. The van der Waals surface area contributed by atoms with Gasteiger partial charge in [-0.2, -0.15) is 0 Å². The average Bonchev–Trinajstić information content (AvgIpc) is 3.87. The number of fused-ring (bicyclic) bond motifs is 6. The maximum absolute atomic E-state index is 5.16. The molecule has 0 N–H and O–H groups in total. The largest absolute Gasteiger partial charge is 0.309 e. The van der Waals surface area contributed by atoms with Gasteiger partial charge in [0.05, 0.1) is 22.1 Å². The smallest absolute Gasteiger partial charge is 0.164 e. The van der Waals surface area contributed by atoms with E-state index in [-0.39, 0.29) is 0 Å². The van der Waals surface area contributed by atoms with E-state index in [0.29, 0.717) is 17.5 Å². The highest BCUT2D eigenvalue weighted by Crippen LogP contribution is 2.41. The fraction of sp³-hybridized carbons (Fsp3) is 0. The van der Waals surface area contributed by atoms with Crippen molar-refractivity contribution >= 4 is 43.6 Å². The van der Waals surface area contributed by atoms with Crippen LogP contribution < -0.4 is 0 Å². The number of para-hydroxylation sites is 3. The van der Waals surface area contributed by atoms with Crippen LogP contribution in [0.1, 0.15) is 0 Å². The molecule has 3 aromatic heterocycles. The fourth-order valence-corrected chi connectivity index (χ4v) is 9.14. The van der Waals surface area contributed by atoms with E-state index < -0.39 is 0 Å². The Balaban J connectivity index is 1.01. The Labute approximate surface area is 358 Å². The Kier molecular flexibility index (Phi) is 8.42. The minimum absolute atomic E-state index is 0.617. The summed E-state index contributed by atoms with van der Waals surface area (Å²) in [6, 6.07) is 79.3. The lowest BCUT2D eigenvalue weighted by molar-refractivity contribution is 1.07. The Morgan fingerprint density at radius 1 is 0.258 bits per heavy atom. The summed E-state index contributed by atoms with van der Waals surface area (Å²) in [6.07, 6.45) is 0. The van der Waals surface area contributed by atoms with Crippen molar-refractivity contribution in [3.8, 4) is 67.8 Å². The predicted molar refractivity (Wildman–Crippen MR) is 256 cm³/mol. The first-order valence-electron chi connectivity index (χ1n) is 20.9. The molecule has 3 heterocycles. The van der Waals surface area contributed by atoms with Crippen LogP contribution in [0.5, 0.6) is 0 Å². The summed E-state index contributed by atoms with van der Waals surface area (Å²) in [6.45, 7) is 0. The Hall–Kier alpha value is -8.41. The van der Waals surface area contributed by atoms with Gasteiger partial charge in [0.1, 0.15) is 0 Å². The molecular weight excluding hydrogens is 755 g/mol.